The molecule has 0 bridgehead atoms. The molecule has 1 aromatic carbocycles. The lowest BCUT2D eigenvalue weighted by molar-refractivity contribution is 0.209. The lowest BCUT2D eigenvalue weighted by Crippen LogP contribution is -2.48. The molecule has 3 rings (SSSR count). The zero-order chi connectivity index (χ0) is 14.8. The van der Waals surface area contributed by atoms with E-state index in [-0.39, 0.29) is 0 Å². The van der Waals surface area contributed by atoms with Crippen LogP contribution in [-0.2, 0) is 0 Å². The first-order valence-electron chi connectivity index (χ1n) is 7.53. The summed E-state index contributed by atoms with van der Waals surface area (Å²) < 4.78 is 0. The van der Waals surface area contributed by atoms with Crippen molar-refractivity contribution in [3.8, 4) is 11.1 Å². The van der Waals surface area contributed by atoms with E-state index in [1.807, 2.05) is 0 Å². The van der Waals surface area contributed by atoms with Gasteiger partial charge in [0.05, 0.1) is 6.20 Å². The van der Waals surface area contributed by atoms with Gasteiger partial charge in [-0.2, -0.15) is 5.10 Å². The van der Waals surface area contributed by atoms with Crippen molar-refractivity contribution in [2.45, 2.75) is 19.9 Å². The maximum Gasteiger partial charge on any atom is 0.126 e. The number of anilines is 2. The summed E-state index contributed by atoms with van der Waals surface area (Å²) in [5.41, 5.74) is 9.21. The second-order valence-corrected chi connectivity index (χ2v) is 5.86. The van der Waals surface area contributed by atoms with Crippen LogP contribution in [0.25, 0.3) is 11.1 Å². The van der Waals surface area contributed by atoms with Gasteiger partial charge in [-0.1, -0.05) is 12.1 Å². The van der Waals surface area contributed by atoms with Crippen molar-refractivity contribution in [1.29, 1.82) is 0 Å². The van der Waals surface area contributed by atoms with Gasteiger partial charge in [-0.05, 0) is 31.5 Å². The first kappa shape index (κ1) is 13.9. The van der Waals surface area contributed by atoms with Crippen LogP contribution in [0, 0.1) is 0 Å². The van der Waals surface area contributed by atoms with E-state index in [1.165, 1.54) is 5.69 Å². The van der Waals surface area contributed by atoms with Crippen LogP contribution in [0.5, 0.6) is 0 Å². The van der Waals surface area contributed by atoms with E-state index in [0.717, 1.165) is 37.3 Å². The molecule has 0 unspecified atom stereocenters. The Morgan fingerprint density at radius 2 is 1.76 bits per heavy atom. The highest BCUT2D eigenvalue weighted by Crippen LogP contribution is 2.26. The van der Waals surface area contributed by atoms with Gasteiger partial charge in [0.1, 0.15) is 5.82 Å². The molecular formula is C16H23N5. The van der Waals surface area contributed by atoms with Crippen LogP contribution in [-0.4, -0.2) is 47.3 Å². The highest BCUT2D eigenvalue weighted by molar-refractivity contribution is 5.74. The number of hydrogen-bond donors (Lipinski definition) is 2. The third-order valence-electron chi connectivity index (χ3n) is 4.26. The maximum atomic E-state index is 5.86. The first-order valence-corrected chi connectivity index (χ1v) is 7.53. The Morgan fingerprint density at radius 3 is 2.29 bits per heavy atom. The molecule has 0 atom stereocenters. The smallest absolute Gasteiger partial charge is 0.126 e. The molecule has 2 heterocycles. The van der Waals surface area contributed by atoms with Crippen LogP contribution in [0.15, 0.2) is 30.5 Å². The summed E-state index contributed by atoms with van der Waals surface area (Å²) in [5, 5.41) is 6.74. The summed E-state index contributed by atoms with van der Waals surface area (Å²) in [6.07, 6.45) is 1.77. The molecule has 1 aliphatic heterocycles. The molecule has 5 nitrogen and oxygen atoms in total. The standard InChI is InChI=1S/C16H23N5/c1-12(2)20-7-9-21(10-8-20)14-5-3-13(4-6-14)15-11-18-19-16(15)17/h3-6,11-12H,7-10H2,1-2H3,(H3,17,18,19). The fourth-order valence-corrected chi connectivity index (χ4v) is 2.87. The van der Waals surface area contributed by atoms with Crippen molar-refractivity contribution in [3.63, 3.8) is 0 Å². The second-order valence-electron chi connectivity index (χ2n) is 5.86. The lowest BCUT2D eigenvalue weighted by atomic mass is 10.1. The quantitative estimate of drug-likeness (QED) is 0.907. The number of hydrogen-bond acceptors (Lipinski definition) is 4. The molecule has 1 fully saturated rings. The Balaban J connectivity index is 1.69. The van der Waals surface area contributed by atoms with Crippen LogP contribution in [0.2, 0.25) is 0 Å². The number of H-pyrrole nitrogens is 1. The lowest BCUT2D eigenvalue weighted by Gasteiger charge is -2.38. The zero-order valence-electron chi connectivity index (χ0n) is 12.7. The number of aromatic amines is 1. The van der Waals surface area contributed by atoms with Crippen molar-refractivity contribution in [2.24, 2.45) is 0 Å². The highest BCUT2D eigenvalue weighted by atomic mass is 15.3. The second kappa shape index (κ2) is 5.77. The number of benzene rings is 1. The van der Waals surface area contributed by atoms with Crippen LogP contribution >= 0.6 is 0 Å². The van der Waals surface area contributed by atoms with Gasteiger partial charge in [0, 0.05) is 43.5 Å². The molecule has 0 aliphatic carbocycles. The fourth-order valence-electron chi connectivity index (χ4n) is 2.87. The van der Waals surface area contributed by atoms with Gasteiger partial charge in [0.2, 0.25) is 0 Å². The summed E-state index contributed by atoms with van der Waals surface area (Å²) >= 11 is 0. The largest absolute Gasteiger partial charge is 0.384 e. The van der Waals surface area contributed by atoms with E-state index < -0.39 is 0 Å². The van der Waals surface area contributed by atoms with Crippen molar-refractivity contribution in [2.75, 3.05) is 36.8 Å². The van der Waals surface area contributed by atoms with Crippen LogP contribution in [0.3, 0.4) is 0 Å². The number of nitrogens with two attached hydrogens (primary N) is 1. The minimum Gasteiger partial charge on any atom is -0.384 e. The number of piperazine rings is 1. The minimum atomic E-state index is 0.619. The summed E-state index contributed by atoms with van der Waals surface area (Å²) in [5.74, 6) is 0.619. The summed E-state index contributed by atoms with van der Waals surface area (Å²) in [4.78, 5) is 4.97. The van der Waals surface area contributed by atoms with E-state index in [9.17, 15) is 0 Å². The predicted octanol–water partition coefficient (Wildman–Crippen LogP) is 2.19. The predicted molar refractivity (Wildman–Crippen MR) is 87.4 cm³/mol. The molecule has 0 spiro atoms. The zero-order valence-corrected chi connectivity index (χ0v) is 12.7. The highest BCUT2D eigenvalue weighted by Gasteiger charge is 2.18. The van der Waals surface area contributed by atoms with Crippen molar-refractivity contribution in [1.82, 2.24) is 15.1 Å². The Bertz CT molecular complexity index is 579. The average molecular weight is 285 g/mol. The summed E-state index contributed by atoms with van der Waals surface area (Å²) in [7, 11) is 0. The van der Waals surface area contributed by atoms with E-state index in [2.05, 4.69) is 58.1 Å². The Kier molecular flexibility index (Phi) is 3.84. The van der Waals surface area contributed by atoms with Crippen LogP contribution < -0.4 is 10.6 Å². The van der Waals surface area contributed by atoms with E-state index in [0.29, 0.717) is 11.9 Å². The summed E-state index contributed by atoms with van der Waals surface area (Å²) in [6, 6.07) is 9.22. The number of nitrogens with zero attached hydrogens (tertiary/aromatic N) is 3. The Hall–Kier alpha value is -2.01. The maximum absolute atomic E-state index is 5.86. The van der Waals surface area contributed by atoms with E-state index >= 15 is 0 Å². The molecule has 21 heavy (non-hydrogen) atoms. The van der Waals surface area contributed by atoms with Crippen molar-refractivity contribution in [3.05, 3.63) is 30.5 Å². The molecular weight excluding hydrogens is 262 g/mol. The molecule has 112 valence electrons. The number of aromatic nitrogens is 2. The first-order chi connectivity index (χ1) is 10.1. The van der Waals surface area contributed by atoms with Crippen molar-refractivity contribution >= 4 is 11.5 Å². The fraction of sp³-hybridized carbons (Fsp3) is 0.438. The average Bonchev–Trinajstić information content (AvgIpc) is 2.94. The molecule has 0 amide bonds. The minimum absolute atomic E-state index is 0.619. The van der Waals surface area contributed by atoms with Crippen molar-refractivity contribution < 1.29 is 0 Å². The van der Waals surface area contributed by atoms with Gasteiger partial charge in [-0.25, -0.2) is 0 Å². The third kappa shape index (κ3) is 2.88. The number of rotatable bonds is 3. The van der Waals surface area contributed by atoms with Gasteiger partial charge < -0.3 is 10.6 Å². The van der Waals surface area contributed by atoms with Gasteiger partial charge in [0.15, 0.2) is 0 Å². The molecule has 1 saturated heterocycles. The molecule has 1 aromatic heterocycles. The summed E-state index contributed by atoms with van der Waals surface area (Å²) in [6.45, 7) is 8.97. The SMILES string of the molecule is CC(C)N1CCN(c2ccc(-c3cn[nH]c3N)cc2)CC1. The van der Waals surface area contributed by atoms with Gasteiger partial charge in [-0.3, -0.25) is 10.00 Å². The number of nitrogens with one attached hydrogen (secondary N) is 1. The van der Waals surface area contributed by atoms with Gasteiger partial charge in [0.25, 0.3) is 0 Å². The Labute approximate surface area is 125 Å². The normalized spacial score (nSPS) is 16.6. The molecule has 0 saturated carbocycles. The van der Waals surface area contributed by atoms with Gasteiger partial charge in [-0.15, -0.1) is 0 Å². The topological polar surface area (TPSA) is 61.2 Å². The number of nitrogen functional groups attached to an aromatic ring is 1. The molecule has 2 aromatic rings. The molecule has 1 aliphatic rings. The molecule has 3 N–H and O–H groups in total. The third-order valence-corrected chi connectivity index (χ3v) is 4.26. The monoisotopic (exact) mass is 285 g/mol. The van der Waals surface area contributed by atoms with Gasteiger partial charge >= 0.3 is 0 Å². The molecule has 5 heteroatoms. The van der Waals surface area contributed by atoms with Crippen LogP contribution in [0.4, 0.5) is 11.5 Å². The van der Waals surface area contributed by atoms with Crippen LogP contribution in [0.1, 0.15) is 13.8 Å². The Morgan fingerprint density at radius 1 is 1.10 bits per heavy atom. The van der Waals surface area contributed by atoms with E-state index in [4.69, 9.17) is 5.73 Å². The molecule has 0 radical (unpaired) electrons. The van der Waals surface area contributed by atoms with E-state index in [1.54, 1.807) is 6.20 Å².